The van der Waals surface area contributed by atoms with E-state index in [1.165, 1.54) is 0 Å². The maximum absolute atomic E-state index is 12.7. The van der Waals surface area contributed by atoms with Crippen LogP contribution in [-0.2, 0) is 11.2 Å². The number of hydrogen-bond donors (Lipinski definition) is 2. The number of nitrogens with one attached hydrogen (secondary N) is 2. The molecule has 2 amide bonds. The number of pyridine rings is 1. The Morgan fingerprint density at radius 3 is 2.12 bits per heavy atom. The number of hydrogen-bond acceptors (Lipinski definition) is 3. The third-order valence-corrected chi connectivity index (χ3v) is 3.89. The number of amides is 2. The molecule has 2 aromatic carbocycles. The molecule has 0 spiro atoms. The van der Waals surface area contributed by atoms with Crippen molar-refractivity contribution in [3.8, 4) is 0 Å². The smallest absolute Gasteiger partial charge is 0.252 e. The first-order chi connectivity index (χ1) is 12.7. The number of aromatic nitrogens is 1. The summed E-state index contributed by atoms with van der Waals surface area (Å²) in [5, 5.41) is 5.68. The van der Waals surface area contributed by atoms with Crippen LogP contribution < -0.4 is 10.6 Å². The SMILES string of the molecule is O=C(N[C@@H](Cc1ccccc1)C(=O)Nc1ccccc1)c1ccncc1. The Balaban J connectivity index is 1.76. The Bertz CT molecular complexity index is 852. The van der Waals surface area contributed by atoms with Gasteiger partial charge in [-0.3, -0.25) is 14.6 Å². The molecule has 1 heterocycles. The fraction of sp³-hybridized carbons (Fsp3) is 0.0952. The van der Waals surface area contributed by atoms with Crippen molar-refractivity contribution in [3.63, 3.8) is 0 Å². The number of rotatable bonds is 6. The van der Waals surface area contributed by atoms with Gasteiger partial charge in [-0.25, -0.2) is 0 Å². The maximum atomic E-state index is 12.7. The molecule has 0 aliphatic rings. The zero-order chi connectivity index (χ0) is 18.2. The van der Waals surface area contributed by atoms with Crippen molar-refractivity contribution >= 4 is 17.5 Å². The Kier molecular flexibility index (Phi) is 5.72. The van der Waals surface area contributed by atoms with E-state index in [2.05, 4.69) is 15.6 Å². The lowest BCUT2D eigenvalue weighted by atomic mass is 10.0. The molecule has 2 N–H and O–H groups in total. The minimum Gasteiger partial charge on any atom is -0.340 e. The van der Waals surface area contributed by atoms with Gasteiger partial charge in [0.1, 0.15) is 6.04 Å². The van der Waals surface area contributed by atoms with E-state index in [1.54, 1.807) is 24.5 Å². The van der Waals surface area contributed by atoms with Crippen LogP contribution >= 0.6 is 0 Å². The van der Waals surface area contributed by atoms with Crippen molar-refractivity contribution in [1.29, 1.82) is 0 Å². The number of carbonyl (C=O) groups is 2. The van der Waals surface area contributed by atoms with Gasteiger partial charge < -0.3 is 10.6 Å². The highest BCUT2D eigenvalue weighted by molar-refractivity contribution is 6.01. The molecule has 0 saturated heterocycles. The van der Waals surface area contributed by atoms with E-state index < -0.39 is 6.04 Å². The summed E-state index contributed by atoms with van der Waals surface area (Å²) in [6.07, 6.45) is 3.49. The molecule has 3 rings (SSSR count). The zero-order valence-corrected chi connectivity index (χ0v) is 14.1. The molecule has 3 aromatic rings. The molecule has 26 heavy (non-hydrogen) atoms. The quantitative estimate of drug-likeness (QED) is 0.721. The average Bonchev–Trinajstić information content (AvgIpc) is 2.69. The van der Waals surface area contributed by atoms with Gasteiger partial charge in [-0.2, -0.15) is 0 Å². The van der Waals surface area contributed by atoms with Crippen LogP contribution in [0.1, 0.15) is 15.9 Å². The minimum absolute atomic E-state index is 0.262. The van der Waals surface area contributed by atoms with Crippen molar-refractivity contribution in [2.75, 3.05) is 5.32 Å². The largest absolute Gasteiger partial charge is 0.340 e. The van der Waals surface area contributed by atoms with Gasteiger partial charge in [-0.15, -0.1) is 0 Å². The van der Waals surface area contributed by atoms with Crippen LogP contribution in [0, 0.1) is 0 Å². The van der Waals surface area contributed by atoms with E-state index in [-0.39, 0.29) is 11.8 Å². The highest BCUT2D eigenvalue weighted by Crippen LogP contribution is 2.10. The highest BCUT2D eigenvalue weighted by atomic mass is 16.2. The summed E-state index contributed by atoms with van der Waals surface area (Å²) < 4.78 is 0. The summed E-state index contributed by atoms with van der Waals surface area (Å²) >= 11 is 0. The van der Waals surface area contributed by atoms with Gasteiger partial charge >= 0.3 is 0 Å². The van der Waals surface area contributed by atoms with E-state index in [0.29, 0.717) is 17.7 Å². The standard InChI is InChI=1S/C21H19N3O2/c25-20(17-11-13-22-14-12-17)24-19(15-16-7-3-1-4-8-16)21(26)23-18-9-5-2-6-10-18/h1-14,19H,15H2,(H,23,26)(H,24,25)/t19-/m0/s1. The van der Waals surface area contributed by atoms with E-state index in [0.717, 1.165) is 5.56 Å². The van der Waals surface area contributed by atoms with Crippen LogP contribution in [0.5, 0.6) is 0 Å². The summed E-state index contributed by atoms with van der Waals surface area (Å²) in [5.41, 5.74) is 2.12. The lowest BCUT2D eigenvalue weighted by molar-refractivity contribution is -0.118. The Morgan fingerprint density at radius 2 is 1.46 bits per heavy atom. The molecule has 0 radical (unpaired) electrons. The van der Waals surface area contributed by atoms with Gasteiger partial charge in [0.05, 0.1) is 0 Å². The highest BCUT2D eigenvalue weighted by Gasteiger charge is 2.22. The molecular formula is C21H19N3O2. The minimum atomic E-state index is -0.696. The second-order valence-electron chi connectivity index (χ2n) is 5.81. The van der Waals surface area contributed by atoms with Gasteiger partial charge in [0, 0.05) is 30.1 Å². The van der Waals surface area contributed by atoms with E-state index in [9.17, 15) is 9.59 Å². The zero-order valence-electron chi connectivity index (χ0n) is 14.1. The molecule has 0 unspecified atom stereocenters. The normalized spacial score (nSPS) is 11.4. The predicted molar refractivity (Wildman–Crippen MR) is 101 cm³/mol. The molecule has 0 fully saturated rings. The first-order valence-electron chi connectivity index (χ1n) is 8.33. The fourth-order valence-electron chi connectivity index (χ4n) is 2.55. The lowest BCUT2D eigenvalue weighted by Crippen LogP contribution is -2.45. The van der Waals surface area contributed by atoms with Gasteiger partial charge in [-0.05, 0) is 29.8 Å². The summed E-state index contributed by atoms with van der Waals surface area (Å²) in [7, 11) is 0. The number of anilines is 1. The Labute approximate surface area is 152 Å². The van der Waals surface area contributed by atoms with E-state index in [1.807, 2.05) is 60.7 Å². The lowest BCUT2D eigenvalue weighted by Gasteiger charge is -2.19. The number of nitrogens with zero attached hydrogens (tertiary/aromatic N) is 1. The van der Waals surface area contributed by atoms with Gasteiger partial charge in [0.25, 0.3) is 5.91 Å². The molecule has 0 aliphatic heterocycles. The summed E-state index contributed by atoms with van der Waals surface area (Å²) in [6.45, 7) is 0. The van der Waals surface area contributed by atoms with Crippen LogP contribution in [0.3, 0.4) is 0 Å². The number of para-hydroxylation sites is 1. The van der Waals surface area contributed by atoms with Crippen LogP contribution in [0.2, 0.25) is 0 Å². The monoisotopic (exact) mass is 345 g/mol. The van der Waals surface area contributed by atoms with Crippen molar-refractivity contribution in [1.82, 2.24) is 10.3 Å². The molecule has 1 aromatic heterocycles. The van der Waals surface area contributed by atoms with Crippen LogP contribution in [-0.4, -0.2) is 22.8 Å². The molecule has 5 nitrogen and oxygen atoms in total. The van der Waals surface area contributed by atoms with Crippen molar-refractivity contribution in [3.05, 3.63) is 96.3 Å². The van der Waals surface area contributed by atoms with Gasteiger partial charge in [0.15, 0.2) is 0 Å². The average molecular weight is 345 g/mol. The van der Waals surface area contributed by atoms with Crippen LogP contribution in [0.15, 0.2) is 85.2 Å². The van der Waals surface area contributed by atoms with Gasteiger partial charge in [-0.1, -0.05) is 48.5 Å². The Hall–Kier alpha value is -3.47. The first-order valence-corrected chi connectivity index (χ1v) is 8.33. The Morgan fingerprint density at radius 1 is 0.846 bits per heavy atom. The molecule has 0 aliphatic carbocycles. The second kappa shape index (κ2) is 8.58. The first kappa shape index (κ1) is 17.4. The predicted octanol–water partition coefficient (Wildman–Crippen LogP) is 3.06. The molecule has 1 atom stereocenters. The van der Waals surface area contributed by atoms with E-state index in [4.69, 9.17) is 0 Å². The van der Waals surface area contributed by atoms with Crippen molar-refractivity contribution in [2.24, 2.45) is 0 Å². The molecular weight excluding hydrogens is 326 g/mol. The fourth-order valence-corrected chi connectivity index (χ4v) is 2.55. The molecule has 0 bridgehead atoms. The van der Waals surface area contributed by atoms with Crippen LogP contribution in [0.25, 0.3) is 0 Å². The maximum Gasteiger partial charge on any atom is 0.252 e. The van der Waals surface area contributed by atoms with Crippen LogP contribution in [0.4, 0.5) is 5.69 Å². The third kappa shape index (κ3) is 4.77. The number of carbonyl (C=O) groups excluding carboxylic acids is 2. The third-order valence-electron chi connectivity index (χ3n) is 3.89. The molecule has 0 saturated carbocycles. The number of benzene rings is 2. The molecule has 5 heteroatoms. The van der Waals surface area contributed by atoms with Crippen molar-refractivity contribution < 1.29 is 9.59 Å². The summed E-state index contributed by atoms with van der Waals surface area (Å²) in [5.74, 6) is -0.570. The molecule has 130 valence electrons. The van der Waals surface area contributed by atoms with E-state index >= 15 is 0 Å². The van der Waals surface area contributed by atoms with Gasteiger partial charge in [0.2, 0.25) is 5.91 Å². The second-order valence-corrected chi connectivity index (χ2v) is 5.81. The van der Waals surface area contributed by atoms with Crippen molar-refractivity contribution in [2.45, 2.75) is 12.5 Å². The summed E-state index contributed by atoms with van der Waals surface area (Å²) in [4.78, 5) is 29.1. The topological polar surface area (TPSA) is 71.1 Å². The summed E-state index contributed by atoms with van der Waals surface area (Å²) in [6, 6.07) is 21.3.